The Balaban J connectivity index is 1.73. The highest BCUT2D eigenvalue weighted by atomic mass is 16.1. The van der Waals surface area contributed by atoms with Gasteiger partial charge in [0.05, 0.1) is 11.4 Å². The van der Waals surface area contributed by atoms with Crippen LogP contribution >= 0.6 is 0 Å². The average Bonchev–Trinajstić information content (AvgIpc) is 3.01. The summed E-state index contributed by atoms with van der Waals surface area (Å²) in [5.41, 5.74) is 2.02. The van der Waals surface area contributed by atoms with Gasteiger partial charge in [-0.1, -0.05) is 19.9 Å². The van der Waals surface area contributed by atoms with Crippen LogP contribution in [0.4, 0.5) is 0 Å². The molecule has 1 aliphatic heterocycles. The van der Waals surface area contributed by atoms with E-state index in [1.807, 2.05) is 36.7 Å². The molecule has 1 aliphatic rings. The number of amides is 1. The van der Waals surface area contributed by atoms with E-state index in [-0.39, 0.29) is 11.9 Å². The number of hydrogen-bond donors (Lipinski definition) is 1. The maximum Gasteiger partial charge on any atom is 0.220 e. The molecule has 0 spiro atoms. The summed E-state index contributed by atoms with van der Waals surface area (Å²) in [7, 11) is 0. The van der Waals surface area contributed by atoms with Gasteiger partial charge in [0.1, 0.15) is 5.82 Å². The summed E-state index contributed by atoms with van der Waals surface area (Å²) in [6.07, 6.45) is 5.14. The van der Waals surface area contributed by atoms with Crippen LogP contribution < -0.4 is 5.32 Å². The molecule has 1 unspecified atom stereocenters. The quantitative estimate of drug-likeness (QED) is 0.838. The maximum atomic E-state index is 11.5. The first kappa shape index (κ1) is 17.5. The molecule has 25 heavy (non-hydrogen) atoms. The van der Waals surface area contributed by atoms with E-state index in [2.05, 4.69) is 39.0 Å². The molecule has 1 fully saturated rings. The van der Waals surface area contributed by atoms with Gasteiger partial charge in [-0.05, 0) is 24.6 Å². The first-order chi connectivity index (χ1) is 12.1. The molecular formula is C19H25N5O. The van der Waals surface area contributed by atoms with E-state index in [0.29, 0.717) is 18.9 Å². The second kappa shape index (κ2) is 8.16. The SMILES string of the molecule is CC(C)c1nccc(CN(Cc2ccccn2)CC2CCC(=O)N2)n1. The number of carbonyl (C=O) groups is 1. The summed E-state index contributed by atoms with van der Waals surface area (Å²) in [6, 6.07) is 8.11. The summed E-state index contributed by atoms with van der Waals surface area (Å²) >= 11 is 0. The minimum Gasteiger partial charge on any atom is -0.352 e. The van der Waals surface area contributed by atoms with Crippen molar-refractivity contribution in [3.05, 3.63) is 53.9 Å². The number of rotatable bonds is 7. The predicted octanol–water partition coefficient (Wildman–Crippen LogP) is 2.28. The molecule has 3 heterocycles. The van der Waals surface area contributed by atoms with Crippen LogP contribution in [0.5, 0.6) is 0 Å². The lowest BCUT2D eigenvalue weighted by Crippen LogP contribution is -2.38. The Kier molecular flexibility index (Phi) is 5.71. The van der Waals surface area contributed by atoms with Crippen molar-refractivity contribution in [1.82, 2.24) is 25.2 Å². The topological polar surface area (TPSA) is 71.0 Å². The van der Waals surface area contributed by atoms with Gasteiger partial charge in [0, 0.05) is 50.4 Å². The fourth-order valence-corrected chi connectivity index (χ4v) is 3.04. The first-order valence-corrected chi connectivity index (χ1v) is 8.83. The number of pyridine rings is 1. The van der Waals surface area contributed by atoms with E-state index in [9.17, 15) is 4.79 Å². The zero-order valence-corrected chi connectivity index (χ0v) is 14.9. The number of hydrogen-bond acceptors (Lipinski definition) is 5. The average molecular weight is 339 g/mol. The van der Waals surface area contributed by atoms with Crippen LogP contribution in [0.1, 0.15) is 49.8 Å². The minimum atomic E-state index is 0.145. The van der Waals surface area contributed by atoms with Crippen molar-refractivity contribution in [1.29, 1.82) is 0 Å². The van der Waals surface area contributed by atoms with Crippen molar-refractivity contribution in [2.45, 2.75) is 51.7 Å². The first-order valence-electron chi connectivity index (χ1n) is 8.83. The summed E-state index contributed by atoms with van der Waals surface area (Å²) in [5, 5.41) is 3.05. The second-order valence-electron chi connectivity index (χ2n) is 6.85. The smallest absolute Gasteiger partial charge is 0.220 e. The van der Waals surface area contributed by atoms with Gasteiger partial charge in [0.25, 0.3) is 0 Å². The van der Waals surface area contributed by atoms with Crippen LogP contribution in [-0.2, 0) is 17.9 Å². The van der Waals surface area contributed by atoms with Crippen LogP contribution in [-0.4, -0.2) is 38.3 Å². The summed E-state index contributed by atoms with van der Waals surface area (Å²) in [5.74, 6) is 1.31. The summed E-state index contributed by atoms with van der Waals surface area (Å²) in [6.45, 7) is 6.43. The van der Waals surface area contributed by atoms with Crippen molar-refractivity contribution in [3.8, 4) is 0 Å². The number of aromatic nitrogens is 3. The Morgan fingerprint density at radius 2 is 2.00 bits per heavy atom. The number of nitrogens with zero attached hydrogens (tertiary/aromatic N) is 4. The molecule has 0 aliphatic carbocycles. The van der Waals surface area contributed by atoms with Gasteiger partial charge in [-0.15, -0.1) is 0 Å². The largest absolute Gasteiger partial charge is 0.352 e. The molecule has 3 rings (SSSR count). The van der Waals surface area contributed by atoms with Crippen LogP contribution in [0.3, 0.4) is 0 Å². The zero-order valence-electron chi connectivity index (χ0n) is 14.9. The molecule has 1 atom stereocenters. The lowest BCUT2D eigenvalue weighted by Gasteiger charge is -2.25. The highest BCUT2D eigenvalue weighted by molar-refractivity contribution is 5.78. The Hall–Kier alpha value is -2.34. The third-order valence-electron chi connectivity index (χ3n) is 4.31. The van der Waals surface area contributed by atoms with Crippen LogP contribution in [0, 0.1) is 0 Å². The van der Waals surface area contributed by atoms with Crippen molar-refractivity contribution >= 4 is 5.91 Å². The highest BCUT2D eigenvalue weighted by Gasteiger charge is 2.23. The van der Waals surface area contributed by atoms with E-state index in [4.69, 9.17) is 0 Å². The van der Waals surface area contributed by atoms with Gasteiger partial charge < -0.3 is 5.32 Å². The van der Waals surface area contributed by atoms with Crippen molar-refractivity contribution < 1.29 is 4.79 Å². The molecule has 6 nitrogen and oxygen atoms in total. The van der Waals surface area contributed by atoms with Gasteiger partial charge in [0.15, 0.2) is 0 Å². The molecule has 1 N–H and O–H groups in total. The summed E-state index contributed by atoms with van der Waals surface area (Å²) < 4.78 is 0. The summed E-state index contributed by atoms with van der Waals surface area (Å²) in [4.78, 5) is 27.3. The monoisotopic (exact) mass is 339 g/mol. The van der Waals surface area contributed by atoms with E-state index < -0.39 is 0 Å². The molecule has 2 aromatic rings. The highest BCUT2D eigenvalue weighted by Crippen LogP contribution is 2.14. The molecule has 1 amide bonds. The molecule has 2 aromatic heterocycles. The van der Waals surface area contributed by atoms with Crippen molar-refractivity contribution in [3.63, 3.8) is 0 Å². The van der Waals surface area contributed by atoms with Gasteiger partial charge >= 0.3 is 0 Å². The number of carbonyl (C=O) groups excluding carboxylic acids is 1. The van der Waals surface area contributed by atoms with Crippen LogP contribution in [0.25, 0.3) is 0 Å². The fraction of sp³-hybridized carbons (Fsp3) is 0.474. The second-order valence-corrected chi connectivity index (χ2v) is 6.85. The fourth-order valence-electron chi connectivity index (χ4n) is 3.04. The molecule has 1 saturated heterocycles. The van der Waals surface area contributed by atoms with Crippen molar-refractivity contribution in [2.75, 3.05) is 6.54 Å². The van der Waals surface area contributed by atoms with E-state index in [1.54, 1.807) is 0 Å². The van der Waals surface area contributed by atoms with Gasteiger partial charge in [-0.25, -0.2) is 9.97 Å². The Morgan fingerprint density at radius 1 is 1.16 bits per heavy atom. The molecule has 0 bridgehead atoms. The maximum absolute atomic E-state index is 11.5. The van der Waals surface area contributed by atoms with Crippen molar-refractivity contribution in [2.24, 2.45) is 0 Å². The minimum absolute atomic E-state index is 0.145. The zero-order chi connectivity index (χ0) is 17.6. The Labute approximate surface area is 148 Å². The third-order valence-corrected chi connectivity index (χ3v) is 4.31. The van der Waals surface area contributed by atoms with E-state index >= 15 is 0 Å². The number of nitrogens with one attached hydrogen (secondary N) is 1. The van der Waals surface area contributed by atoms with E-state index in [0.717, 1.165) is 36.7 Å². The molecule has 0 aromatic carbocycles. The van der Waals surface area contributed by atoms with Crippen LogP contribution in [0.2, 0.25) is 0 Å². The third kappa shape index (κ3) is 5.06. The van der Waals surface area contributed by atoms with Crippen LogP contribution in [0.15, 0.2) is 36.7 Å². The molecular weight excluding hydrogens is 314 g/mol. The molecule has 0 saturated carbocycles. The Bertz CT molecular complexity index is 704. The standard InChI is InChI=1S/C19H25N5O/c1-14(2)19-21-10-8-17(23-19)13-24(11-15-5-3-4-9-20-15)12-16-6-7-18(25)22-16/h3-5,8-10,14,16H,6-7,11-13H2,1-2H3,(H,22,25). The van der Waals surface area contributed by atoms with Gasteiger partial charge in [0.2, 0.25) is 5.91 Å². The van der Waals surface area contributed by atoms with E-state index in [1.165, 1.54) is 0 Å². The van der Waals surface area contributed by atoms with Gasteiger partial charge in [-0.3, -0.25) is 14.7 Å². The lowest BCUT2D eigenvalue weighted by atomic mass is 10.2. The normalized spacial score (nSPS) is 17.3. The Morgan fingerprint density at radius 3 is 2.68 bits per heavy atom. The lowest BCUT2D eigenvalue weighted by molar-refractivity contribution is -0.119. The molecule has 0 radical (unpaired) electrons. The van der Waals surface area contributed by atoms with Gasteiger partial charge in [-0.2, -0.15) is 0 Å². The molecule has 132 valence electrons. The molecule has 6 heteroatoms. The predicted molar refractivity (Wildman–Crippen MR) is 95.6 cm³/mol.